The van der Waals surface area contributed by atoms with Gasteiger partial charge in [0, 0.05) is 27.4 Å². The fourth-order valence-electron chi connectivity index (χ4n) is 4.01. The lowest BCUT2D eigenvalue weighted by atomic mass is 10.1. The van der Waals surface area contributed by atoms with E-state index in [-0.39, 0.29) is 0 Å². The first-order chi connectivity index (χ1) is 17.6. The first-order valence-corrected chi connectivity index (χ1v) is 12.2. The summed E-state index contributed by atoms with van der Waals surface area (Å²) in [7, 11) is 1.65. The van der Waals surface area contributed by atoms with E-state index in [1.54, 1.807) is 7.11 Å². The Morgan fingerprint density at radius 1 is 0.833 bits per heavy atom. The minimum absolute atomic E-state index is 0.419. The van der Waals surface area contributed by atoms with Gasteiger partial charge in [0.25, 0.3) is 0 Å². The second-order valence-electron chi connectivity index (χ2n) is 8.10. The molecule has 2 N–H and O–H groups in total. The molecule has 0 bridgehead atoms. The Morgan fingerprint density at radius 2 is 1.44 bits per heavy atom. The van der Waals surface area contributed by atoms with Crippen LogP contribution in [0.25, 0.3) is 11.5 Å². The van der Waals surface area contributed by atoms with Gasteiger partial charge in [0.2, 0.25) is 6.23 Å². The van der Waals surface area contributed by atoms with Crippen molar-refractivity contribution in [1.29, 1.82) is 0 Å². The number of nitrogens with zero attached hydrogens (tertiary/aromatic N) is 1. The lowest BCUT2D eigenvalue weighted by Crippen LogP contribution is -2.43. The van der Waals surface area contributed by atoms with E-state index in [2.05, 4.69) is 22.9 Å². The summed E-state index contributed by atoms with van der Waals surface area (Å²) in [4.78, 5) is 0. The molecule has 0 spiro atoms. The summed E-state index contributed by atoms with van der Waals surface area (Å²) in [5, 5.41) is 6.28. The molecule has 1 aliphatic rings. The Labute approximate surface area is 220 Å². The predicted octanol–water partition coefficient (Wildman–Crippen LogP) is 7.11. The summed E-state index contributed by atoms with van der Waals surface area (Å²) in [5.74, 6) is 1.53. The van der Waals surface area contributed by atoms with Gasteiger partial charge in [-0.25, -0.2) is 5.01 Å². The lowest BCUT2D eigenvalue weighted by molar-refractivity contribution is 0.0564. The van der Waals surface area contributed by atoms with Crippen LogP contribution >= 0.6 is 23.8 Å². The number of hydrazine groups is 1. The molecule has 0 aliphatic carbocycles. The molecule has 0 saturated carbocycles. The summed E-state index contributed by atoms with van der Waals surface area (Å²) < 4.78 is 12.0. The average Bonchev–Trinajstić information content (AvgIpc) is 3.30. The minimum Gasteiger partial charge on any atom is -0.497 e. The van der Waals surface area contributed by atoms with E-state index in [1.807, 2.05) is 102 Å². The Bertz CT molecular complexity index is 1360. The standard InChI is InChI=1S/C29H24ClN3O2S/c1-34-25-18-12-22(13-19-25)28-33(32-29(36)31-24-16-14-23(30)15-17-24)26(20-8-4-2-5-9-20)27(35-28)21-10-6-3-7-11-21/h2-19,28H,1H3,(H2,31,32,36). The van der Waals surface area contributed by atoms with E-state index in [1.165, 1.54) is 0 Å². The normalized spacial score (nSPS) is 14.8. The second kappa shape index (κ2) is 10.7. The van der Waals surface area contributed by atoms with Gasteiger partial charge in [-0.1, -0.05) is 72.3 Å². The molecule has 36 heavy (non-hydrogen) atoms. The second-order valence-corrected chi connectivity index (χ2v) is 8.94. The highest BCUT2D eigenvalue weighted by Crippen LogP contribution is 2.44. The van der Waals surface area contributed by atoms with Crippen molar-refractivity contribution in [3.63, 3.8) is 0 Å². The molecular formula is C29H24ClN3O2S. The quantitative estimate of drug-likeness (QED) is 0.268. The van der Waals surface area contributed by atoms with Crippen LogP contribution in [0.2, 0.25) is 5.02 Å². The largest absolute Gasteiger partial charge is 0.497 e. The van der Waals surface area contributed by atoms with E-state index in [0.29, 0.717) is 10.1 Å². The first kappa shape index (κ1) is 23.7. The summed E-state index contributed by atoms with van der Waals surface area (Å²) in [6.07, 6.45) is -0.480. The van der Waals surface area contributed by atoms with Gasteiger partial charge in [-0.2, -0.15) is 0 Å². The van der Waals surface area contributed by atoms with E-state index in [4.69, 9.17) is 33.3 Å². The average molecular weight is 514 g/mol. The molecular weight excluding hydrogens is 490 g/mol. The van der Waals surface area contributed by atoms with Crippen LogP contribution in [0.1, 0.15) is 22.9 Å². The maximum absolute atomic E-state index is 6.65. The first-order valence-electron chi connectivity index (χ1n) is 11.4. The van der Waals surface area contributed by atoms with E-state index in [0.717, 1.165) is 39.6 Å². The molecule has 7 heteroatoms. The zero-order valence-electron chi connectivity index (χ0n) is 19.5. The van der Waals surface area contributed by atoms with Crippen LogP contribution in [0.5, 0.6) is 5.75 Å². The molecule has 0 amide bonds. The van der Waals surface area contributed by atoms with Gasteiger partial charge in [-0.15, -0.1) is 0 Å². The lowest BCUT2D eigenvalue weighted by Gasteiger charge is -2.29. The number of halogens is 1. The molecule has 1 heterocycles. The van der Waals surface area contributed by atoms with Gasteiger partial charge >= 0.3 is 0 Å². The Balaban J connectivity index is 1.56. The number of rotatable bonds is 6. The van der Waals surface area contributed by atoms with Crippen molar-refractivity contribution in [3.05, 3.63) is 131 Å². The van der Waals surface area contributed by atoms with Gasteiger partial charge in [0.1, 0.15) is 11.4 Å². The SMILES string of the molecule is COc1ccc(C2OC(c3ccccc3)=C(c3ccccc3)N2NC(=S)Nc2ccc(Cl)cc2)cc1. The van der Waals surface area contributed by atoms with E-state index < -0.39 is 6.23 Å². The van der Waals surface area contributed by atoms with Crippen LogP contribution in [0.3, 0.4) is 0 Å². The van der Waals surface area contributed by atoms with Crippen LogP contribution < -0.4 is 15.5 Å². The fourth-order valence-corrected chi connectivity index (χ4v) is 4.35. The molecule has 0 aromatic heterocycles. The van der Waals surface area contributed by atoms with Crippen LogP contribution in [-0.2, 0) is 4.74 Å². The number of methoxy groups -OCH3 is 1. The number of hydrogen-bond acceptors (Lipinski definition) is 4. The van der Waals surface area contributed by atoms with Gasteiger partial charge in [-0.05, 0) is 60.7 Å². The molecule has 0 fully saturated rings. The van der Waals surface area contributed by atoms with Gasteiger partial charge in [-0.3, -0.25) is 5.43 Å². The highest BCUT2D eigenvalue weighted by atomic mass is 35.5. The number of nitrogens with one attached hydrogen (secondary N) is 2. The molecule has 180 valence electrons. The van der Waals surface area contributed by atoms with Crippen LogP contribution in [0, 0.1) is 0 Å². The highest BCUT2D eigenvalue weighted by Gasteiger charge is 2.37. The van der Waals surface area contributed by atoms with Crippen molar-refractivity contribution < 1.29 is 9.47 Å². The zero-order chi connectivity index (χ0) is 24.9. The molecule has 4 aromatic rings. The van der Waals surface area contributed by atoms with E-state index in [9.17, 15) is 0 Å². The smallest absolute Gasteiger partial charge is 0.216 e. The van der Waals surface area contributed by atoms with Crippen molar-refractivity contribution in [3.8, 4) is 5.75 Å². The summed E-state index contributed by atoms with van der Waals surface area (Å²) >= 11 is 11.8. The van der Waals surface area contributed by atoms with Crippen LogP contribution in [0.15, 0.2) is 109 Å². The summed E-state index contributed by atoms with van der Waals surface area (Å²) in [5.41, 5.74) is 7.98. The molecule has 5 rings (SSSR count). The number of hydrogen-bond donors (Lipinski definition) is 2. The number of ether oxygens (including phenoxy) is 2. The molecule has 5 nitrogen and oxygen atoms in total. The van der Waals surface area contributed by atoms with Crippen molar-refractivity contribution >= 4 is 46.1 Å². The van der Waals surface area contributed by atoms with Gasteiger partial charge < -0.3 is 14.8 Å². The van der Waals surface area contributed by atoms with Crippen molar-refractivity contribution in [1.82, 2.24) is 10.4 Å². The maximum atomic E-state index is 6.65. The monoisotopic (exact) mass is 513 g/mol. The summed E-state index contributed by atoms with van der Waals surface area (Å²) in [6, 6.07) is 35.4. The molecule has 1 atom stereocenters. The van der Waals surface area contributed by atoms with Gasteiger partial charge in [0.05, 0.1) is 7.11 Å². The van der Waals surface area contributed by atoms with E-state index >= 15 is 0 Å². The molecule has 1 aliphatic heterocycles. The maximum Gasteiger partial charge on any atom is 0.216 e. The number of thiocarbonyl (C=S) groups is 1. The third-order valence-electron chi connectivity index (χ3n) is 5.73. The number of benzene rings is 4. The Hall–Kier alpha value is -4.00. The fraction of sp³-hybridized carbons (Fsp3) is 0.0690. The van der Waals surface area contributed by atoms with Crippen molar-refractivity contribution in [2.75, 3.05) is 12.4 Å². The third kappa shape index (κ3) is 5.15. The minimum atomic E-state index is -0.480. The topological polar surface area (TPSA) is 45.8 Å². The third-order valence-corrected chi connectivity index (χ3v) is 6.17. The van der Waals surface area contributed by atoms with Crippen molar-refractivity contribution in [2.45, 2.75) is 6.23 Å². The Kier molecular flexibility index (Phi) is 7.07. The molecule has 4 aromatic carbocycles. The summed E-state index contributed by atoms with van der Waals surface area (Å²) in [6.45, 7) is 0. The molecule has 0 radical (unpaired) electrons. The van der Waals surface area contributed by atoms with Crippen LogP contribution in [0.4, 0.5) is 5.69 Å². The van der Waals surface area contributed by atoms with Crippen LogP contribution in [-0.4, -0.2) is 17.2 Å². The molecule has 1 unspecified atom stereocenters. The highest BCUT2D eigenvalue weighted by molar-refractivity contribution is 7.80. The Morgan fingerprint density at radius 3 is 2.06 bits per heavy atom. The number of anilines is 1. The molecule has 0 saturated heterocycles. The predicted molar refractivity (Wildman–Crippen MR) is 149 cm³/mol. The zero-order valence-corrected chi connectivity index (χ0v) is 21.1. The van der Waals surface area contributed by atoms with Gasteiger partial charge in [0.15, 0.2) is 10.9 Å². The van der Waals surface area contributed by atoms with Crippen molar-refractivity contribution in [2.24, 2.45) is 0 Å².